The number of hydrogen-bond donors (Lipinski definition) is 1. The minimum absolute atomic E-state index is 0.126. The first-order valence-corrected chi connectivity index (χ1v) is 10.4. The second-order valence-electron chi connectivity index (χ2n) is 7.62. The Morgan fingerprint density at radius 3 is 2.56 bits per heavy atom. The number of aromatic hydroxyl groups is 1. The Morgan fingerprint density at radius 1 is 1.09 bits per heavy atom. The largest absolute Gasteiger partial charge is 0.493 e. The molecule has 0 aliphatic heterocycles. The van der Waals surface area contributed by atoms with Gasteiger partial charge in [-0.1, -0.05) is 41.9 Å². The van der Waals surface area contributed by atoms with Crippen LogP contribution in [0.2, 0.25) is 5.02 Å². The fraction of sp³-hybridized carbons (Fsp3) is 0.217. The Hall–Kier alpha value is -3.49. The molecule has 0 atom stereocenters. The quantitative estimate of drug-likeness (QED) is 0.483. The number of likely N-dealkylation sites (N-methyl/N-ethyl adjacent to an activating group) is 2. The van der Waals surface area contributed by atoms with Gasteiger partial charge < -0.3 is 10.0 Å². The molecule has 0 radical (unpaired) electrons. The zero-order chi connectivity index (χ0) is 22.8. The number of halogens is 1. The zero-order valence-corrected chi connectivity index (χ0v) is 18.8. The van der Waals surface area contributed by atoms with Crippen LogP contribution in [0.4, 0.5) is 5.69 Å². The lowest BCUT2D eigenvalue weighted by atomic mass is 10.2. The zero-order valence-electron chi connectivity index (χ0n) is 18.0. The summed E-state index contributed by atoms with van der Waals surface area (Å²) in [6, 6.07) is 15.0. The van der Waals surface area contributed by atoms with Crippen LogP contribution >= 0.6 is 11.6 Å². The molecule has 1 amide bonds. The lowest BCUT2D eigenvalue weighted by Crippen LogP contribution is -2.36. The highest BCUT2D eigenvalue weighted by atomic mass is 35.5. The normalized spacial score (nSPS) is 11.3. The van der Waals surface area contributed by atoms with Gasteiger partial charge in [-0.3, -0.25) is 9.69 Å². The molecule has 0 aliphatic rings. The van der Waals surface area contributed by atoms with Gasteiger partial charge in [0.1, 0.15) is 11.2 Å². The average molecular weight is 451 g/mol. The Bertz CT molecular complexity index is 1290. The standard InChI is InChI=1S/C23H23ClN6O2/c1-15-8-4-6-10-18(15)30-22-16(12-25-30)23(32)27-20(26-22)13-28(2)14-21(31)29(3)19-11-7-5-9-17(19)24/h4-12H,13-14H2,1-3H3,(H,26,27,32). The molecule has 164 valence electrons. The fourth-order valence-corrected chi connectivity index (χ4v) is 3.74. The molecule has 2 aromatic heterocycles. The van der Waals surface area contributed by atoms with Gasteiger partial charge in [0.15, 0.2) is 5.65 Å². The van der Waals surface area contributed by atoms with E-state index in [1.807, 2.05) is 43.3 Å². The molecule has 0 saturated carbocycles. The summed E-state index contributed by atoms with van der Waals surface area (Å²) in [4.78, 5) is 24.9. The predicted octanol–water partition coefficient (Wildman–Crippen LogP) is 3.58. The predicted molar refractivity (Wildman–Crippen MR) is 124 cm³/mol. The van der Waals surface area contributed by atoms with Gasteiger partial charge in [0.05, 0.1) is 35.7 Å². The van der Waals surface area contributed by atoms with Crippen LogP contribution in [0.5, 0.6) is 5.88 Å². The number of rotatable bonds is 6. The number of hydrogen-bond acceptors (Lipinski definition) is 6. The van der Waals surface area contributed by atoms with Crippen molar-refractivity contribution in [3.63, 3.8) is 0 Å². The SMILES string of the molecule is Cc1ccccc1-n1ncc2c(O)nc(CN(C)CC(=O)N(C)c3ccccc3Cl)nc21. The van der Waals surface area contributed by atoms with Crippen LogP contribution in [0, 0.1) is 6.92 Å². The average Bonchev–Trinajstić information content (AvgIpc) is 3.18. The molecule has 8 nitrogen and oxygen atoms in total. The van der Waals surface area contributed by atoms with Crippen LogP contribution in [0.1, 0.15) is 11.4 Å². The molecule has 2 aromatic carbocycles. The summed E-state index contributed by atoms with van der Waals surface area (Å²) in [5.41, 5.74) is 3.05. The first-order chi connectivity index (χ1) is 15.3. The summed E-state index contributed by atoms with van der Waals surface area (Å²) in [5.74, 6) is 0.120. The van der Waals surface area contributed by atoms with Crippen LogP contribution in [-0.2, 0) is 11.3 Å². The molecule has 32 heavy (non-hydrogen) atoms. The van der Waals surface area contributed by atoms with Crippen molar-refractivity contribution in [2.45, 2.75) is 13.5 Å². The topological polar surface area (TPSA) is 87.4 Å². The molecule has 4 rings (SSSR count). The summed E-state index contributed by atoms with van der Waals surface area (Å²) < 4.78 is 1.69. The van der Waals surface area contributed by atoms with Gasteiger partial charge in [0.2, 0.25) is 11.8 Å². The molecule has 1 N–H and O–H groups in total. The maximum atomic E-state index is 12.7. The smallest absolute Gasteiger partial charge is 0.240 e. The van der Waals surface area contributed by atoms with Crippen molar-refractivity contribution in [1.29, 1.82) is 0 Å². The molecule has 0 spiro atoms. The van der Waals surface area contributed by atoms with Gasteiger partial charge in [-0.2, -0.15) is 10.1 Å². The van der Waals surface area contributed by atoms with Crippen LogP contribution in [0.15, 0.2) is 54.7 Å². The molecule has 0 fully saturated rings. The van der Waals surface area contributed by atoms with Crippen molar-refractivity contribution in [2.75, 3.05) is 25.5 Å². The number of aryl methyl sites for hydroxylation is 1. The second-order valence-corrected chi connectivity index (χ2v) is 8.03. The van der Waals surface area contributed by atoms with E-state index in [4.69, 9.17) is 11.6 Å². The molecule has 0 aliphatic carbocycles. The van der Waals surface area contributed by atoms with Gasteiger partial charge in [-0.05, 0) is 37.7 Å². The van der Waals surface area contributed by atoms with Crippen LogP contribution in [-0.4, -0.2) is 56.3 Å². The van der Waals surface area contributed by atoms with Crippen LogP contribution in [0.3, 0.4) is 0 Å². The van der Waals surface area contributed by atoms with Gasteiger partial charge in [-0.15, -0.1) is 0 Å². The van der Waals surface area contributed by atoms with Crippen LogP contribution in [0.25, 0.3) is 16.7 Å². The Balaban J connectivity index is 1.55. The minimum Gasteiger partial charge on any atom is -0.493 e. The van der Waals surface area contributed by atoms with Crippen molar-refractivity contribution in [3.8, 4) is 11.6 Å². The minimum atomic E-state index is -0.141. The van der Waals surface area contributed by atoms with E-state index in [0.29, 0.717) is 27.6 Å². The van der Waals surface area contributed by atoms with Gasteiger partial charge in [-0.25, -0.2) is 9.67 Å². The molecular weight excluding hydrogens is 428 g/mol. The highest BCUT2D eigenvalue weighted by molar-refractivity contribution is 6.33. The number of anilines is 1. The first-order valence-electron chi connectivity index (χ1n) is 10.0. The molecule has 4 aromatic rings. The summed E-state index contributed by atoms with van der Waals surface area (Å²) in [5, 5.41) is 15.8. The maximum absolute atomic E-state index is 12.7. The third kappa shape index (κ3) is 4.28. The van der Waals surface area contributed by atoms with Gasteiger partial charge >= 0.3 is 0 Å². The van der Waals surface area contributed by atoms with E-state index in [1.54, 1.807) is 42.0 Å². The Morgan fingerprint density at radius 2 is 1.81 bits per heavy atom. The number of amides is 1. The number of para-hydroxylation sites is 2. The molecular formula is C23H23ClN6O2. The third-order valence-electron chi connectivity index (χ3n) is 5.20. The summed E-state index contributed by atoms with van der Waals surface area (Å²) in [6.07, 6.45) is 1.55. The number of carbonyl (C=O) groups excluding carboxylic acids is 1. The fourth-order valence-electron chi connectivity index (χ4n) is 3.48. The Kier molecular flexibility index (Phi) is 6.07. The number of aromatic nitrogens is 4. The van der Waals surface area contributed by atoms with E-state index >= 15 is 0 Å². The van der Waals surface area contributed by atoms with Crippen molar-refractivity contribution in [1.82, 2.24) is 24.6 Å². The van der Waals surface area contributed by atoms with E-state index in [2.05, 4.69) is 15.1 Å². The van der Waals surface area contributed by atoms with Crippen molar-refractivity contribution in [2.24, 2.45) is 0 Å². The number of benzene rings is 2. The van der Waals surface area contributed by atoms with Crippen molar-refractivity contribution >= 4 is 34.2 Å². The van der Waals surface area contributed by atoms with E-state index in [1.165, 1.54) is 4.90 Å². The highest BCUT2D eigenvalue weighted by Gasteiger charge is 2.18. The molecule has 0 saturated heterocycles. The van der Waals surface area contributed by atoms with Gasteiger partial charge in [0.25, 0.3) is 0 Å². The highest BCUT2D eigenvalue weighted by Crippen LogP contribution is 2.26. The summed E-state index contributed by atoms with van der Waals surface area (Å²) in [7, 11) is 3.48. The summed E-state index contributed by atoms with van der Waals surface area (Å²) in [6.45, 7) is 2.38. The Labute approximate surface area is 190 Å². The lowest BCUT2D eigenvalue weighted by molar-refractivity contribution is -0.119. The van der Waals surface area contributed by atoms with E-state index < -0.39 is 0 Å². The maximum Gasteiger partial charge on any atom is 0.240 e. The number of carbonyl (C=O) groups is 1. The molecule has 2 heterocycles. The molecule has 0 unspecified atom stereocenters. The molecule has 9 heteroatoms. The van der Waals surface area contributed by atoms with E-state index in [0.717, 1.165) is 11.3 Å². The van der Waals surface area contributed by atoms with Crippen molar-refractivity contribution < 1.29 is 9.90 Å². The van der Waals surface area contributed by atoms with Crippen LogP contribution < -0.4 is 4.90 Å². The number of nitrogens with zero attached hydrogens (tertiary/aromatic N) is 6. The monoisotopic (exact) mass is 450 g/mol. The lowest BCUT2D eigenvalue weighted by Gasteiger charge is -2.22. The summed E-state index contributed by atoms with van der Waals surface area (Å²) >= 11 is 6.20. The first kappa shape index (κ1) is 21.7. The molecule has 0 bridgehead atoms. The van der Waals surface area contributed by atoms with Gasteiger partial charge in [0, 0.05) is 7.05 Å². The van der Waals surface area contributed by atoms with E-state index in [-0.39, 0.29) is 24.9 Å². The number of fused-ring (bicyclic) bond motifs is 1. The third-order valence-corrected chi connectivity index (χ3v) is 5.52. The van der Waals surface area contributed by atoms with E-state index in [9.17, 15) is 9.90 Å². The van der Waals surface area contributed by atoms with Crippen molar-refractivity contribution in [3.05, 3.63) is 71.1 Å². The second kappa shape index (κ2) is 8.94.